The molecule has 1 amide bonds. The molecule has 0 radical (unpaired) electrons. The number of hydrogen-bond donors (Lipinski definition) is 3. The van der Waals surface area contributed by atoms with E-state index in [0.717, 1.165) is 25.9 Å². The molecule has 3 N–H and O–H groups in total. The summed E-state index contributed by atoms with van der Waals surface area (Å²) in [5, 5.41) is 10.9. The monoisotopic (exact) mass is 359 g/mol. The van der Waals surface area contributed by atoms with Gasteiger partial charge in [0.1, 0.15) is 0 Å². The van der Waals surface area contributed by atoms with Gasteiger partial charge in [0.2, 0.25) is 5.91 Å². The molecule has 132 valence electrons. The van der Waals surface area contributed by atoms with Crippen LogP contribution in [0.25, 0.3) is 0 Å². The number of carbonyl (C=O) groups is 1. The first kappa shape index (κ1) is 17.8. The molecule has 6 unspecified atom stereocenters. The first-order valence-corrected chi connectivity index (χ1v) is 10.6. The van der Waals surface area contributed by atoms with Crippen LogP contribution in [0.5, 0.6) is 0 Å². The molecule has 1 heterocycles. The normalized spacial score (nSPS) is 41.1. The van der Waals surface area contributed by atoms with Gasteiger partial charge in [0, 0.05) is 24.1 Å². The zero-order chi connectivity index (χ0) is 16.2. The molecule has 1 saturated heterocycles. The van der Waals surface area contributed by atoms with E-state index in [1.165, 1.54) is 25.7 Å². The average molecular weight is 360 g/mol. The number of rotatable bonds is 4. The largest absolute Gasteiger partial charge is 0.353 e. The van der Waals surface area contributed by atoms with Gasteiger partial charge in [-0.25, -0.2) is 0 Å². The van der Waals surface area contributed by atoms with E-state index in [2.05, 4.69) is 22.9 Å². The van der Waals surface area contributed by atoms with Gasteiger partial charge in [0.25, 0.3) is 0 Å². The highest BCUT2D eigenvalue weighted by Crippen LogP contribution is 2.33. The van der Waals surface area contributed by atoms with Crippen molar-refractivity contribution >= 4 is 29.3 Å². The lowest BCUT2D eigenvalue weighted by Crippen LogP contribution is -2.57. The predicted octanol–water partition coefficient (Wildman–Crippen LogP) is 2.67. The molecule has 23 heavy (non-hydrogen) atoms. The third-order valence-electron chi connectivity index (χ3n) is 5.73. The van der Waals surface area contributed by atoms with E-state index in [-0.39, 0.29) is 17.3 Å². The predicted molar refractivity (Wildman–Crippen MR) is 97.7 cm³/mol. The van der Waals surface area contributed by atoms with Gasteiger partial charge in [0.05, 0.1) is 11.1 Å². The quantitative estimate of drug-likeness (QED) is 0.675. The lowest BCUT2D eigenvalue weighted by atomic mass is 9.83. The fourth-order valence-electron chi connectivity index (χ4n) is 4.23. The Morgan fingerprint density at radius 3 is 2.87 bits per heavy atom. The molecule has 3 rings (SSSR count). The number of halogens is 1. The summed E-state index contributed by atoms with van der Waals surface area (Å²) in [5.41, 5.74) is 0. The smallest absolute Gasteiger partial charge is 0.230 e. The number of carbonyl (C=O) groups excluding carboxylic acids is 1. The third kappa shape index (κ3) is 4.77. The highest BCUT2D eigenvalue weighted by molar-refractivity contribution is 8.00. The zero-order valence-corrected chi connectivity index (χ0v) is 15.6. The molecule has 0 aromatic heterocycles. The fourth-order valence-corrected chi connectivity index (χ4v) is 5.76. The molecule has 1 aliphatic heterocycles. The number of amides is 1. The number of alkyl halides is 1. The molecule has 2 aliphatic carbocycles. The van der Waals surface area contributed by atoms with Crippen molar-refractivity contribution in [3.05, 3.63) is 0 Å². The SMILES string of the molecule is CC1CCC(NC(=O)CSC2NCNC3CCCCC32)CC1Cl. The van der Waals surface area contributed by atoms with Crippen molar-refractivity contribution in [2.45, 2.75) is 74.7 Å². The van der Waals surface area contributed by atoms with Gasteiger partial charge < -0.3 is 10.6 Å². The standard InChI is InChI=1S/C17H30ClN3OS/c1-11-6-7-12(8-14(11)18)21-16(22)9-23-17-13-4-2-3-5-15(13)19-10-20-17/h11-15,17,19-20H,2-10H2,1H3,(H,21,22). The van der Waals surface area contributed by atoms with E-state index < -0.39 is 0 Å². The fraction of sp³-hybridized carbons (Fsp3) is 0.941. The second-order valence-corrected chi connectivity index (χ2v) is 9.13. The summed E-state index contributed by atoms with van der Waals surface area (Å²) >= 11 is 8.13. The molecule has 6 heteroatoms. The molecule has 6 atom stereocenters. The van der Waals surface area contributed by atoms with Crippen LogP contribution >= 0.6 is 23.4 Å². The average Bonchev–Trinajstić information content (AvgIpc) is 2.56. The van der Waals surface area contributed by atoms with Gasteiger partial charge in [-0.15, -0.1) is 23.4 Å². The van der Waals surface area contributed by atoms with E-state index in [9.17, 15) is 4.79 Å². The first-order valence-electron chi connectivity index (χ1n) is 9.15. The Labute approximate surface area is 149 Å². The molecule has 0 bridgehead atoms. The molecule has 3 fully saturated rings. The van der Waals surface area contributed by atoms with Crippen molar-refractivity contribution in [3.63, 3.8) is 0 Å². The minimum absolute atomic E-state index is 0.172. The minimum atomic E-state index is 0.172. The molecule has 3 aliphatic rings. The lowest BCUT2D eigenvalue weighted by molar-refractivity contribution is -0.119. The summed E-state index contributed by atoms with van der Waals surface area (Å²) in [6, 6.07) is 0.910. The Kier molecular flexibility index (Phi) is 6.53. The number of fused-ring (bicyclic) bond motifs is 1. The molecule has 0 spiro atoms. The van der Waals surface area contributed by atoms with Gasteiger partial charge in [-0.05, 0) is 43.9 Å². The summed E-state index contributed by atoms with van der Waals surface area (Å²) in [4.78, 5) is 12.3. The molecule has 0 aromatic rings. The maximum Gasteiger partial charge on any atom is 0.230 e. The van der Waals surface area contributed by atoms with E-state index in [0.29, 0.717) is 29.0 Å². The van der Waals surface area contributed by atoms with Crippen molar-refractivity contribution in [3.8, 4) is 0 Å². The number of thioether (sulfide) groups is 1. The highest BCUT2D eigenvalue weighted by Gasteiger charge is 2.35. The molecule has 2 saturated carbocycles. The van der Waals surface area contributed by atoms with Crippen LogP contribution in [0, 0.1) is 11.8 Å². The van der Waals surface area contributed by atoms with Gasteiger partial charge >= 0.3 is 0 Å². The molecule has 0 aromatic carbocycles. The third-order valence-corrected chi connectivity index (χ3v) is 7.65. The summed E-state index contributed by atoms with van der Waals surface area (Å²) in [5.74, 6) is 1.96. The zero-order valence-electron chi connectivity index (χ0n) is 14.0. The summed E-state index contributed by atoms with van der Waals surface area (Å²) in [6.07, 6.45) is 8.32. The van der Waals surface area contributed by atoms with E-state index in [1.807, 2.05) is 0 Å². The van der Waals surface area contributed by atoms with Crippen molar-refractivity contribution in [1.29, 1.82) is 0 Å². The van der Waals surface area contributed by atoms with Crippen LogP contribution in [0.15, 0.2) is 0 Å². The Morgan fingerprint density at radius 1 is 1.22 bits per heavy atom. The van der Waals surface area contributed by atoms with E-state index in [4.69, 9.17) is 11.6 Å². The minimum Gasteiger partial charge on any atom is -0.353 e. The van der Waals surface area contributed by atoms with E-state index in [1.54, 1.807) is 11.8 Å². The Hall–Kier alpha value is 0.0300. The first-order chi connectivity index (χ1) is 11.1. The van der Waals surface area contributed by atoms with Crippen LogP contribution in [-0.4, -0.2) is 41.2 Å². The van der Waals surface area contributed by atoms with E-state index >= 15 is 0 Å². The molecular formula is C17H30ClN3OS. The van der Waals surface area contributed by atoms with Crippen molar-refractivity contribution < 1.29 is 4.79 Å². The van der Waals surface area contributed by atoms with Gasteiger partial charge in [-0.3, -0.25) is 10.1 Å². The Morgan fingerprint density at radius 2 is 2.04 bits per heavy atom. The topological polar surface area (TPSA) is 53.2 Å². The number of hydrogen-bond acceptors (Lipinski definition) is 4. The van der Waals surface area contributed by atoms with Crippen molar-refractivity contribution in [1.82, 2.24) is 16.0 Å². The maximum absolute atomic E-state index is 12.3. The Bertz CT molecular complexity index is 409. The van der Waals surface area contributed by atoms with Gasteiger partial charge in [-0.2, -0.15) is 0 Å². The summed E-state index contributed by atoms with van der Waals surface area (Å²) < 4.78 is 0. The van der Waals surface area contributed by atoms with Gasteiger partial charge in [-0.1, -0.05) is 19.8 Å². The second kappa shape index (κ2) is 8.41. The second-order valence-electron chi connectivity index (χ2n) is 7.44. The van der Waals surface area contributed by atoms with Crippen LogP contribution in [-0.2, 0) is 4.79 Å². The molecular weight excluding hydrogens is 330 g/mol. The van der Waals surface area contributed by atoms with Crippen LogP contribution in [0.1, 0.15) is 51.9 Å². The van der Waals surface area contributed by atoms with Crippen LogP contribution in [0.3, 0.4) is 0 Å². The number of nitrogens with one attached hydrogen (secondary N) is 3. The van der Waals surface area contributed by atoms with Crippen molar-refractivity contribution in [2.24, 2.45) is 11.8 Å². The summed E-state index contributed by atoms with van der Waals surface area (Å²) in [7, 11) is 0. The summed E-state index contributed by atoms with van der Waals surface area (Å²) in [6.45, 7) is 3.07. The lowest BCUT2D eigenvalue weighted by Gasteiger charge is -2.42. The highest BCUT2D eigenvalue weighted by atomic mass is 35.5. The van der Waals surface area contributed by atoms with Gasteiger partial charge in [0.15, 0.2) is 0 Å². The van der Waals surface area contributed by atoms with Crippen molar-refractivity contribution in [2.75, 3.05) is 12.4 Å². The van der Waals surface area contributed by atoms with Crippen LogP contribution < -0.4 is 16.0 Å². The van der Waals surface area contributed by atoms with Crippen LogP contribution in [0.2, 0.25) is 0 Å². The maximum atomic E-state index is 12.3. The molecule has 4 nitrogen and oxygen atoms in total. The Balaban J connectivity index is 1.41. The van der Waals surface area contributed by atoms with Crippen LogP contribution in [0.4, 0.5) is 0 Å².